The lowest BCUT2D eigenvalue weighted by Gasteiger charge is -2.07. The first kappa shape index (κ1) is 16.8. The number of methoxy groups -OCH3 is 2. The third kappa shape index (κ3) is 7.99. The van der Waals surface area contributed by atoms with Gasteiger partial charge >= 0.3 is 0 Å². The van der Waals surface area contributed by atoms with Gasteiger partial charge < -0.3 is 24.3 Å². The molecule has 0 heterocycles. The zero-order chi connectivity index (χ0) is 14.5. The lowest BCUT2D eigenvalue weighted by molar-refractivity contribution is -0.656. The van der Waals surface area contributed by atoms with Gasteiger partial charge in [-0.2, -0.15) is 0 Å². The van der Waals surface area contributed by atoms with Gasteiger partial charge in [0, 0.05) is 13.5 Å². The fourth-order valence-corrected chi connectivity index (χ4v) is 1.68. The van der Waals surface area contributed by atoms with E-state index in [1.54, 1.807) is 14.2 Å². The second-order valence-electron chi connectivity index (χ2n) is 4.35. The maximum atomic E-state index is 5.56. The highest BCUT2D eigenvalue weighted by Crippen LogP contribution is 2.16. The van der Waals surface area contributed by atoms with E-state index in [4.69, 9.17) is 18.9 Å². The van der Waals surface area contributed by atoms with Crippen LogP contribution >= 0.6 is 0 Å². The molecule has 0 fully saturated rings. The van der Waals surface area contributed by atoms with Crippen molar-refractivity contribution in [3.05, 3.63) is 24.3 Å². The predicted octanol–water partition coefficient (Wildman–Crippen LogP) is 0.691. The van der Waals surface area contributed by atoms with E-state index in [0.29, 0.717) is 13.2 Å². The Balaban J connectivity index is 1.91. The Kier molecular flexibility index (Phi) is 9.65. The molecule has 0 radical (unpaired) electrons. The molecule has 114 valence electrons. The van der Waals surface area contributed by atoms with Crippen molar-refractivity contribution in [2.45, 2.75) is 6.42 Å². The average molecular weight is 284 g/mol. The van der Waals surface area contributed by atoms with Crippen molar-refractivity contribution >= 4 is 0 Å². The highest BCUT2D eigenvalue weighted by molar-refractivity contribution is 5.31. The summed E-state index contributed by atoms with van der Waals surface area (Å²) in [6, 6.07) is 7.54. The van der Waals surface area contributed by atoms with Gasteiger partial charge in [0.2, 0.25) is 0 Å². The average Bonchev–Trinajstić information content (AvgIpc) is 2.50. The van der Waals surface area contributed by atoms with Crippen LogP contribution in [0.15, 0.2) is 24.3 Å². The van der Waals surface area contributed by atoms with Gasteiger partial charge in [0.25, 0.3) is 0 Å². The van der Waals surface area contributed by atoms with Gasteiger partial charge in [-0.25, -0.2) is 0 Å². The minimum absolute atomic E-state index is 0.565. The molecule has 0 aromatic heterocycles. The van der Waals surface area contributed by atoms with Gasteiger partial charge in [-0.15, -0.1) is 0 Å². The molecule has 0 amide bonds. The van der Waals surface area contributed by atoms with Gasteiger partial charge in [-0.3, -0.25) is 0 Å². The summed E-state index contributed by atoms with van der Waals surface area (Å²) in [4.78, 5) is 0. The molecular formula is C15H26NO4+. The lowest BCUT2D eigenvalue weighted by Crippen LogP contribution is -2.85. The van der Waals surface area contributed by atoms with E-state index >= 15 is 0 Å². The Morgan fingerprint density at radius 3 is 2.30 bits per heavy atom. The Labute approximate surface area is 121 Å². The van der Waals surface area contributed by atoms with Crippen LogP contribution < -0.4 is 14.8 Å². The Bertz CT molecular complexity index is 329. The van der Waals surface area contributed by atoms with E-state index in [-0.39, 0.29) is 0 Å². The molecule has 0 spiro atoms. The fourth-order valence-electron chi connectivity index (χ4n) is 1.68. The van der Waals surface area contributed by atoms with E-state index in [1.807, 2.05) is 24.3 Å². The molecule has 5 nitrogen and oxygen atoms in total. The Morgan fingerprint density at radius 2 is 1.60 bits per heavy atom. The smallest absolute Gasteiger partial charge is 0.119 e. The largest absolute Gasteiger partial charge is 0.497 e. The molecule has 0 aliphatic rings. The van der Waals surface area contributed by atoms with Crippen LogP contribution in [0, 0.1) is 0 Å². The van der Waals surface area contributed by atoms with Crippen molar-refractivity contribution < 1.29 is 24.3 Å². The van der Waals surface area contributed by atoms with Crippen molar-refractivity contribution in [3.8, 4) is 11.5 Å². The monoisotopic (exact) mass is 284 g/mol. The number of ether oxygens (including phenoxy) is 4. The third-order valence-electron chi connectivity index (χ3n) is 2.78. The first-order valence-corrected chi connectivity index (χ1v) is 7.02. The molecule has 20 heavy (non-hydrogen) atoms. The molecule has 5 heteroatoms. The molecule has 0 aliphatic heterocycles. The van der Waals surface area contributed by atoms with Crippen LogP contribution in [-0.4, -0.2) is 53.7 Å². The topological polar surface area (TPSA) is 53.5 Å². The predicted molar refractivity (Wildman–Crippen MR) is 77.5 cm³/mol. The minimum atomic E-state index is 0.565. The number of hydrogen-bond acceptors (Lipinski definition) is 4. The van der Waals surface area contributed by atoms with Crippen LogP contribution in [0.2, 0.25) is 0 Å². The molecule has 0 saturated heterocycles. The SMILES string of the molecule is COCCC[NH2+]CCOCCOc1ccc(OC)cc1. The minimum Gasteiger partial charge on any atom is -0.497 e. The van der Waals surface area contributed by atoms with E-state index in [0.717, 1.165) is 44.2 Å². The van der Waals surface area contributed by atoms with Gasteiger partial charge in [-0.1, -0.05) is 0 Å². The highest BCUT2D eigenvalue weighted by Gasteiger charge is 1.96. The Morgan fingerprint density at radius 1 is 0.850 bits per heavy atom. The maximum Gasteiger partial charge on any atom is 0.119 e. The van der Waals surface area contributed by atoms with Gasteiger partial charge in [0.05, 0.1) is 40.0 Å². The zero-order valence-corrected chi connectivity index (χ0v) is 12.5. The number of benzene rings is 1. The summed E-state index contributed by atoms with van der Waals surface area (Å²) in [5, 5.41) is 2.24. The Hall–Kier alpha value is -1.30. The molecule has 1 rings (SSSR count). The first-order chi connectivity index (χ1) is 9.86. The van der Waals surface area contributed by atoms with E-state index in [2.05, 4.69) is 5.32 Å². The summed E-state index contributed by atoms with van der Waals surface area (Å²) in [5.41, 5.74) is 0. The standard InChI is InChI=1S/C15H25NO4/c1-17-10-3-8-16-9-11-19-12-13-20-15-6-4-14(18-2)5-7-15/h4-7,16H,3,8-13H2,1-2H3/p+1. The molecular weight excluding hydrogens is 258 g/mol. The molecule has 0 unspecified atom stereocenters. The summed E-state index contributed by atoms with van der Waals surface area (Å²) in [5.74, 6) is 1.66. The number of hydrogen-bond donors (Lipinski definition) is 1. The molecule has 1 aromatic carbocycles. The van der Waals surface area contributed by atoms with E-state index < -0.39 is 0 Å². The van der Waals surface area contributed by atoms with Crippen molar-refractivity contribution in [3.63, 3.8) is 0 Å². The van der Waals surface area contributed by atoms with Crippen LogP contribution in [0.1, 0.15) is 6.42 Å². The summed E-state index contributed by atoms with van der Waals surface area (Å²) in [6.45, 7) is 4.81. The van der Waals surface area contributed by atoms with Crippen molar-refractivity contribution in [2.75, 3.05) is 53.7 Å². The third-order valence-corrected chi connectivity index (χ3v) is 2.78. The molecule has 0 bridgehead atoms. The maximum absolute atomic E-state index is 5.56. The van der Waals surface area contributed by atoms with Crippen LogP contribution in [0.25, 0.3) is 0 Å². The number of rotatable bonds is 12. The molecule has 0 saturated carbocycles. The van der Waals surface area contributed by atoms with Gasteiger partial charge in [0.1, 0.15) is 18.1 Å². The summed E-state index contributed by atoms with van der Waals surface area (Å²) in [6.07, 6.45) is 1.08. The summed E-state index contributed by atoms with van der Waals surface area (Å²) in [7, 11) is 3.38. The van der Waals surface area contributed by atoms with E-state index in [1.165, 1.54) is 0 Å². The van der Waals surface area contributed by atoms with Crippen LogP contribution in [0.4, 0.5) is 0 Å². The molecule has 0 aliphatic carbocycles. The van der Waals surface area contributed by atoms with Crippen molar-refractivity contribution in [1.82, 2.24) is 0 Å². The van der Waals surface area contributed by atoms with Crippen molar-refractivity contribution in [1.29, 1.82) is 0 Å². The molecule has 0 atom stereocenters. The van der Waals surface area contributed by atoms with Gasteiger partial charge in [0.15, 0.2) is 0 Å². The normalized spacial score (nSPS) is 10.5. The first-order valence-electron chi connectivity index (χ1n) is 7.02. The van der Waals surface area contributed by atoms with Crippen molar-refractivity contribution in [2.24, 2.45) is 0 Å². The number of quaternary nitrogens is 1. The highest BCUT2D eigenvalue weighted by atomic mass is 16.5. The van der Waals surface area contributed by atoms with Crippen LogP contribution in [-0.2, 0) is 9.47 Å². The number of nitrogens with two attached hydrogens (primary N) is 1. The summed E-state index contributed by atoms with van der Waals surface area (Å²) < 4.78 is 21.1. The van der Waals surface area contributed by atoms with Gasteiger partial charge in [-0.05, 0) is 24.3 Å². The van der Waals surface area contributed by atoms with Crippen LogP contribution in [0.5, 0.6) is 11.5 Å². The zero-order valence-electron chi connectivity index (χ0n) is 12.5. The second-order valence-corrected chi connectivity index (χ2v) is 4.35. The quantitative estimate of drug-likeness (QED) is 0.574. The van der Waals surface area contributed by atoms with Crippen LogP contribution in [0.3, 0.4) is 0 Å². The molecule has 2 N–H and O–H groups in total. The lowest BCUT2D eigenvalue weighted by atomic mass is 10.3. The second kappa shape index (κ2) is 11.5. The fraction of sp³-hybridized carbons (Fsp3) is 0.600. The van der Waals surface area contributed by atoms with E-state index in [9.17, 15) is 0 Å². The summed E-state index contributed by atoms with van der Waals surface area (Å²) >= 11 is 0. The molecule has 1 aromatic rings.